The number of likely N-dealkylation sites (tertiary alicyclic amines) is 1. The zero-order valence-corrected chi connectivity index (χ0v) is 23.6. The van der Waals surface area contributed by atoms with E-state index in [-0.39, 0.29) is 6.03 Å². The van der Waals surface area contributed by atoms with Gasteiger partial charge in [-0.25, -0.2) is 19.7 Å². The quantitative estimate of drug-likeness (QED) is 0.386. The molecule has 2 aliphatic heterocycles. The van der Waals surface area contributed by atoms with E-state index in [1.807, 2.05) is 42.2 Å². The van der Waals surface area contributed by atoms with Crippen LogP contribution in [0.25, 0.3) is 32.6 Å². The molecule has 2 aromatic carbocycles. The number of aryl methyl sites for hydroxylation is 1. The number of amides is 2. The van der Waals surface area contributed by atoms with Crippen molar-refractivity contribution in [3.63, 3.8) is 0 Å². The standard InChI is InChI=1S/C30H32N8OS/c1-20-25-17-23(6-7-26(25)33-19-32-20)28-27(22-5-3-4-21(16-22)18-31)34-29(40-28)35-30(39)38-10-8-24(9-11-38)37-14-12-36(2)13-15-37/h3-7,16-17,19,24H,8-15H2,1-2H3,(H,34,35,39). The molecule has 6 rings (SSSR count). The number of carbonyl (C=O) groups excluding carboxylic acids is 1. The molecule has 204 valence electrons. The van der Waals surface area contributed by atoms with Crippen molar-refractivity contribution in [2.75, 3.05) is 51.6 Å². The maximum absolute atomic E-state index is 13.3. The number of fused-ring (bicyclic) bond motifs is 1. The fourth-order valence-corrected chi connectivity index (χ4v) is 6.59. The molecule has 9 nitrogen and oxygen atoms in total. The first-order chi connectivity index (χ1) is 19.5. The summed E-state index contributed by atoms with van der Waals surface area (Å²) in [6.07, 6.45) is 3.56. The number of urea groups is 1. The first kappa shape index (κ1) is 26.3. The third-order valence-corrected chi connectivity index (χ3v) is 9.03. The molecule has 4 aromatic rings. The summed E-state index contributed by atoms with van der Waals surface area (Å²) in [5.74, 6) is 0. The highest BCUT2D eigenvalue weighted by atomic mass is 32.1. The minimum atomic E-state index is -0.114. The Kier molecular flexibility index (Phi) is 7.43. The van der Waals surface area contributed by atoms with Gasteiger partial charge in [-0.1, -0.05) is 29.5 Å². The monoisotopic (exact) mass is 552 g/mol. The Morgan fingerprint density at radius 1 is 1.02 bits per heavy atom. The highest BCUT2D eigenvalue weighted by Crippen LogP contribution is 2.40. The summed E-state index contributed by atoms with van der Waals surface area (Å²) >= 11 is 1.44. The Bertz CT molecular complexity index is 1580. The zero-order chi connectivity index (χ0) is 27.6. The minimum Gasteiger partial charge on any atom is -0.324 e. The van der Waals surface area contributed by atoms with Crippen LogP contribution in [0.3, 0.4) is 0 Å². The zero-order valence-electron chi connectivity index (χ0n) is 22.8. The van der Waals surface area contributed by atoms with E-state index >= 15 is 0 Å². The molecule has 4 heterocycles. The Morgan fingerprint density at radius 2 is 1.82 bits per heavy atom. The number of piperazine rings is 1. The molecule has 0 bridgehead atoms. The van der Waals surface area contributed by atoms with Gasteiger partial charge in [0.2, 0.25) is 0 Å². The molecular weight excluding hydrogens is 520 g/mol. The van der Waals surface area contributed by atoms with Gasteiger partial charge in [-0.15, -0.1) is 0 Å². The number of aromatic nitrogens is 3. The van der Waals surface area contributed by atoms with Gasteiger partial charge in [0.05, 0.1) is 27.7 Å². The van der Waals surface area contributed by atoms with E-state index < -0.39 is 0 Å². The van der Waals surface area contributed by atoms with Crippen LogP contribution < -0.4 is 5.32 Å². The lowest BCUT2D eigenvalue weighted by Gasteiger charge is -2.41. The van der Waals surface area contributed by atoms with Crippen molar-refractivity contribution in [2.45, 2.75) is 25.8 Å². The van der Waals surface area contributed by atoms with Crippen molar-refractivity contribution < 1.29 is 4.79 Å². The number of nitriles is 1. The van der Waals surface area contributed by atoms with Crippen LogP contribution in [0.1, 0.15) is 24.1 Å². The van der Waals surface area contributed by atoms with Crippen LogP contribution in [0.2, 0.25) is 0 Å². The van der Waals surface area contributed by atoms with Crippen LogP contribution in [0, 0.1) is 18.3 Å². The van der Waals surface area contributed by atoms with Crippen LogP contribution in [0.4, 0.5) is 9.93 Å². The first-order valence-electron chi connectivity index (χ1n) is 13.7. The molecular formula is C30H32N8OS. The van der Waals surface area contributed by atoms with Crippen molar-refractivity contribution in [1.29, 1.82) is 5.26 Å². The molecule has 10 heteroatoms. The molecule has 2 aliphatic rings. The number of carbonyl (C=O) groups is 1. The summed E-state index contributed by atoms with van der Waals surface area (Å²) in [7, 11) is 2.18. The number of hydrogen-bond acceptors (Lipinski definition) is 8. The SMILES string of the molecule is Cc1ncnc2ccc(-c3sc(NC(=O)N4CCC(N5CCN(C)CC5)CC4)nc3-c3cccc(C#N)c3)cc12. The van der Waals surface area contributed by atoms with Gasteiger partial charge in [-0.2, -0.15) is 5.26 Å². The number of hydrogen-bond donors (Lipinski definition) is 1. The molecule has 2 amide bonds. The average Bonchev–Trinajstić information content (AvgIpc) is 3.41. The molecule has 0 saturated carbocycles. The third kappa shape index (κ3) is 5.41. The second-order valence-electron chi connectivity index (χ2n) is 10.6. The van der Waals surface area contributed by atoms with E-state index in [0.717, 1.165) is 90.4 Å². The molecule has 1 N–H and O–H groups in total. The van der Waals surface area contributed by atoms with Crippen LogP contribution in [-0.2, 0) is 0 Å². The summed E-state index contributed by atoms with van der Waals surface area (Å²) in [4.78, 5) is 34.7. The van der Waals surface area contributed by atoms with Crippen LogP contribution >= 0.6 is 11.3 Å². The number of likely N-dealkylation sites (N-methyl/N-ethyl adjacent to an activating group) is 1. The Morgan fingerprint density at radius 3 is 2.60 bits per heavy atom. The summed E-state index contributed by atoms with van der Waals surface area (Å²) in [6, 6.07) is 16.1. The Labute approximate surface area is 238 Å². The molecule has 0 spiro atoms. The summed E-state index contributed by atoms with van der Waals surface area (Å²) in [6.45, 7) is 7.87. The van der Waals surface area contributed by atoms with Gasteiger partial charge in [-0.3, -0.25) is 10.2 Å². The van der Waals surface area contributed by atoms with E-state index in [1.165, 1.54) is 11.3 Å². The second kappa shape index (κ2) is 11.3. The van der Waals surface area contributed by atoms with E-state index in [9.17, 15) is 10.1 Å². The highest BCUT2D eigenvalue weighted by molar-refractivity contribution is 7.19. The maximum atomic E-state index is 13.3. The smallest absolute Gasteiger partial charge is 0.323 e. The molecule has 0 aliphatic carbocycles. The van der Waals surface area contributed by atoms with Gasteiger partial charge >= 0.3 is 6.03 Å². The van der Waals surface area contributed by atoms with Crippen LogP contribution in [0.15, 0.2) is 48.8 Å². The van der Waals surface area contributed by atoms with Crippen LogP contribution in [0.5, 0.6) is 0 Å². The molecule has 2 aromatic heterocycles. The number of nitrogens with zero attached hydrogens (tertiary/aromatic N) is 7. The molecule has 0 atom stereocenters. The van der Waals surface area contributed by atoms with E-state index in [2.05, 4.69) is 44.3 Å². The van der Waals surface area contributed by atoms with Gasteiger partial charge in [-0.05, 0) is 56.6 Å². The van der Waals surface area contributed by atoms with Crippen molar-refractivity contribution >= 4 is 33.4 Å². The molecule has 0 radical (unpaired) electrons. The van der Waals surface area contributed by atoms with Crippen molar-refractivity contribution in [2.24, 2.45) is 0 Å². The number of anilines is 1. The predicted octanol–water partition coefficient (Wildman–Crippen LogP) is 4.84. The van der Waals surface area contributed by atoms with Crippen LogP contribution in [-0.4, -0.2) is 88.0 Å². The number of thiazole rings is 1. The molecule has 2 fully saturated rings. The minimum absolute atomic E-state index is 0.114. The van der Waals surface area contributed by atoms with Crippen molar-refractivity contribution in [1.82, 2.24) is 29.7 Å². The fraction of sp³-hybridized carbons (Fsp3) is 0.367. The number of piperidine rings is 1. The Balaban J connectivity index is 1.24. The van der Waals surface area contributed by atoms with Crippen molar-refractivity contribution in [3.05, 3.63) is 60.0 Å². The molecule has 2 saturated heterocycles. The normalized spacial score (nSPS) is 17.2. The Hall–Kier alpha value is -3.91. The number of nitrogens with one attached hydrogen (secondary N) is 1. The van der Waals surface area contributed by atoms with Gasteiger partial charge in [0, 0.05) is 62.0 Å². The van der Waals surface area contributed by atoms with E-state index in [0.29, 0.717) is 16.7 Å². The molecule has 40 heavy (non-hydrogen) atoms. The largest absolute Gasteiger partial charge is 0.324 e. The average molecular weight is 553 g/mol. The lowest BCUT2D eigenvalue weighted by molar-refractivity contribution is 0.0765. The third-order valence-electron chi connectivity index (χ3n) is 8.01. The van der Waals surface area contributed by atoms with E-state index in [4.69, 9.17) is 4.98 Å². The summed E-state index contributed by atoms with van der Waals surface area (Å²) < 4.78 is 0. The first-order valence-corrected chi connectivity index (χ1v) is 14.5. The molecule has 0 unspecified atom stereocenters. The highest BCUT2D eigenvalue weighted by Gasteiger charge is 2.29. The van der Waals surface area contributed by atoms with Gasteiger partial charge in [0.1, 0.15) is 6.33 Å². The van der Waals surface area contributed by atoms with Crippen molar-refractivity contribution in [3.8, 4) is 27.8 Å². The predicted molar refractivity (Wildman–Crippen MR) is 158 cm³/mol. The number of benzene rings is 2. The summed E-state index contributed by atoms with van der Waals surface area (Å²) in [5.41, 5.74) is 4.88. The van der Waals surface area contributed by atoms with Gasteiger partial charge in [0.15, 0.2) is 5.13 Å². The van der Waals surface area contributed by atoms with Gasteiger partial charge in [0.25, 0.3) is 0 Å². The number of rotatable bonds is 4. The maximum Gasteiger partial charge on any atom is 0.323 e. The lowest BCUT2D eigenvalue weighted by Crippen LogP contribution is -2.53. The van der Waals surface area contributed by atoms with E-state index in [1.54, 1.807) is 12.4 Å². The van der Waals surface area contributed by atoms with Gasteiger partial charge < -0.3 is 9.80 Å². The second-order valence-corrected chi connectivity index (χ2v) is 11.6. The fourth-order valence-electron chi connectivity index (χ4n) is 5.62. The topological polar surface area (TPSA) is 101 Å². The lowest BCUT2D eigenvalue weighted by atomic mass is 10.0. The summed E-state index contributed by atoms with van der Waals surface area (Å²) in [5, 5.41) is 14.1.